The van der Waals surface area contributed by atoms with Crippen molar-refractivity contribution in [3.05, 3.63) is 53.1 Å². The number of ether oxygens (including phenoxy) is 7. The fourth-order valence-corrected chi connectivity index (χ4v) is 3.70. The van der Waals surface area contributed by atoms with Gasteiger partial charge in [-0.3, -0.25) is 0 Å². The molecule has 2 aromatic rings. The lowest BCUT2D eigenvalue weighted by Crippen LogP contribution is -2.13. The molecular formula is C25H30O9. The van der Waals surface area contributed by atoms with Gasteiger partial charge >= 0.3 is 5.97 Å². The van der Waals surface area contributed by atoms with Gasteiger partial charge in [-0.1, -0.05) is 6.07 Å². The van der Waals surface area contributed by atoms with Crippen LogP contribution in [0.4, 0.5) is 0 Å². The average Bonchev–Trinajstić information content (AvgIpc) is 3.23. The maximum absolute atomic E-state index is 11.8. The van der Waals surface area contributed by atoms with Crippen LogP contribution in [0.1, 0.15) is 35.6 Å². The minimum atomic E-state index is -0.500. The van der Waals surface area contributed by atoms with Gasteiger partial charge < -0.3 is 38.3 Å². The Morgan fingerprint density at radius 2 is 1.76 bits per heavy atom. The highest BCUT2D eigenvalue weighted by atomic mass is 16.7. The third-order valence-electron chi connectivity index (χ3n) is 5.19. The van der Waals surface area contributed by atoms with Crippen molar-refractivity contribution in [3.8, 4) is 23.0 Å². The lowest BCUT2D eigenvalue weighted by Gasteiger charge is -2.19. The number of rotatable bonds is 12. The Bertz CT molecular complexity index is 1000. The van der Waals surface area contributed by atoms with Gasteiger partial charge in [0.05, 0.1) is 26.2 Å². The zero-order valence-corrected chi connectivity index (χ0v) is 19.7. The molecule has 0 amide bonds. The molecule has 34 heavy (non-hydrogen) atoms. The Morgan fingerprint density at radius 1 is 1.03 bits per heavy atom. The van der Waals surface area contributed by atoms with Crippen molar-refractivity contribution in [1.29, 1.82) is 0 Å². The van der Waals surface area contributed by atoms with Gasteiger partial charge in [-0.25, -0.2) is 4.79 Å². The topological polar surface area (TPSA) is 102 Å². The highest BCUT2D eigenvalue weighted by Crippen LogP contribution is 2.51. The molecule has 0 saturated heterocycles. The quantitative estimate of drug-likeness (QED) is 0.281. The normalized spacial score (nSPS) is 16.7. The molecule has 0 bridgehead atoms. The number of carbonyl (C=O) groups excluding carboxylic acids is 1. The number of aliphatic hydroxyl groups is 1. The molecule has 2 aromatic carbocycles. The van der Waals surface area contributed by atoms with Gasteiger partial charge in [0, 0.05) is 25.9 Å². The first-order valence-electron chi connectivity index (χ1n) is 10.8. The van der Waals surface area contributed by atoms with E-state index in [0.717, 1.165) is 11.1 Å². The maximum atomic E-state index is 11.8. The first-order valence-corrected chi connectivity index (χ1v) is 10.8. The highest BCUT2D eigenvalue weighted by molar-refractivity contribution is 5.87. The van der Waals surface area contributed by atoms with Gasteiger partial charge in [-0.15, -0.1) is 0 Å². The third-order valence-corrected chi connectivity index (χ3v) is 5.19. The van der Waals surface area contributed by atoms with Crippen LogP contribution in [0.3, 0.4) is 0 Å². The van der Waals surface area contributed by atoms with Crippen molar-refractivity contribution in [1.82, 2.24) is 0 Å². The number of carbonyl (C=O) groups is 1. The summed E-state index contributed by atoms with van der Waals surface area (Å²) in [6.45, 7) is 1.96. The van der Waals surface area contributed by atoms with Crippen LogP contribution in [0.5, 0.6) is 23.0 Å². The largest absolute Gasteiger partial charge is 0.493 e. The lowest BCUT2D eigenvalue weighted by molar-refractivity contribution is -0.137. The molecule has 0 unspecified atom stereocenters. The Hall–Kier alpha value is -3.27. The van der Waals surface area contributed by atoms with Gasteiger partial charge in [-0.05, 0) is 48.4 Å². The van der Waals surface area contributed by atoms with Gasteiger partial charge in [0.15, 0.2) is 36.6 Å². The van der Waals surface area contributed by atoms with Crippen LogP contribution >= 0.6 is 0 Å². The van der Waals surface area contributed by atoms with Crippen molar-refractivity contribution < 1.29 is 43.1 Å². The summed E-state index contributed by atoms with van der Waals surface area (Å²) in [5, 5.41) is 10.3. The molecule has 0 spiro atoms. The molecule has 1 N–H and O–H groups in total. The molecule has 184 valence electrons. The molecule has 9 nitrogen and oxygen atoms in total. The van der Waals surface area contributed by atoms with E-state index in [1.54, 1.807) is 38.3 Å². The first kappa shape index (κ1) is 25.4. The summed E-state index contributed by atoms with van der Waals surface area (Å²) in [4.78, 5) is 11.8. The minimum absolute atomic E-state index is 0.00859. The Labute approximate surface area is 198 Å². The minimum Gasteiger partial charge on any atom is -0.493 e. The summed E-state index contributed by atoms with van der Waals surface area (Å²) >= 11 is 0. The molecule has 0 aromatic heterocycles. The molecule has 1 aliphatic heterocycles. The van der Waals surface area contributed by atoms with E-state index >= 15 is 0 Å². The van der Waals surface area contributed by atoms with Gasteiger partial charge in [0.25, 0.3) is 0 Å². The molecule has 0 fully saturated rings. The van der Waals surface area contributed by atoms with Crippen LogP contribution in [0, 0.1) is 0 Å². The second-order valence-corrected chi connectivity index (χ2v) is 7.36. The van der Waals surface area contributed by atoms with Crippen molar-refractivity contribution in [2.24, 2.45) is 0 Å². The Balaban J connectivity index is 1.97. The zero-order valence-electron chi connectivity index (χ0n) is 19.7. The fourth-order valence-electron chi connectivity index (χ4n) is 3.70. The SMILES string of the molecule is CCOC(=O)/C=C/c1cc(OCOC)c2c(c1)[C@@H](CO)[C@H](c1ccc(OCOC)c(OC)c1)O2. The summed E-state index contributed by atoms with van der Waals surface area (Å²) in [6.07, 6.45) is 2.47. The number of esters is 1. The van der Waals surface area contributed by atoms with Crippen molar-refractivity contribution in [2.75, 3.05) is 48.1 Å². The molecule has 1 aliphatic rings. The van der Waals surface area contributed by atoms with E-state index in [2.05, 4.69) is 0 Å². The van der Waals surface area contributed by atoms with Crippen LogP contribution in [0.25, 0.3) is 6.08 Å². The predicted molar refractivity (Wildman–Crippen MR) is 123 cm³/mol. The van der Waals surface area contributed by atoms with E-state index in [4.69, 9.17) is 33.2 Å². The van der Waals surface area contributed by atoms with Crippen LogP contribution in [0.2, 0.25) is 0 Å². The lowest BCUT2D eigenvalue weighted by atomic mass is 9.90. The van der Waals surface area contributed by atoms with E-state index in [1.165, 1.54) is 20.3 Å². The van der Waals surface area contributed by atoms with Crippen LogP contribution < -0.4 is 18.9 Å². The van der Waals surface area contributed by atoms with Crippen LogP contribution in [-0.2, 0) is 19.0 Å². The number of fused-ring (bicyclic) bond motifs is 1. The molecule has 9 heteroatoms. The van der Waals surface area contributed by atoms with Crippen molar-refractivity contribution >= 4 is 12.0 Å². The molecule has 0 radical (unpaired) electrons. The first-order chi connectivity index (χ1) is 16.6. The maximum Gasteiger partial charge on any atom is 0.330 e. The van der Waals surface area contributed by atoms with E-state index in [0.29, 0.717) is 28.6 Å². The third kappa shape index (κ3) is 5.80. The number of methoxy groups -OCH3 is 3. The van der Waals surface area contributed by atoms with Gasteiger partial charge in [0.1, 0.15) is 6.10 Å². The van der Waals surface area contributed by atoms with E-state index in [-0.39, 0.29) is 32.7 Å². The smallest absolute Gasteiger partial charge is 0.330 e. The summed E-state index contributed by atoms with van der Waals surface area (Å²) in [5.74, 6) is 1.16. The second kappa shape index (κ2) is 12.3. The van der Waals surface area contributed by atoms with E-state index < -0.39 is 12.1 Å². The number of hydrogen-bond donors (Lipinski definition) is 1. The summed E-state index contributed by atoms with van der Waals surface area (Å²) in [7, 11) is 4.60. The summed E-state index contributed by atoms with van der Waals surface area (Å²) < 4.78 is 38.0. The Kier molecular flexibility index (Phi) is 9.15. The zero-order chi connectivity index (χ0) is 24.5. The number of hydrogen-bond acceptors (Lipinski definition) is 9. The second-order valence-electron chi connectivity index (χ2n) is 7.36. The standard InChI is InChI=1S/C25H30O9/c1-5-31-23(27)9-6-16-10-18-19(13-26)24(34-25(18)22(11-16)33-15-29-3)17-7-8-20(32-14-28-2)21(12-17)30-4/h6-12,19,24,26H,5,13-15H2,1-4H3/b9-6+/t19-,24+/m1/s1. The molecule has 3 rings (SSSR count). The van der Waals surface area contributed by atoms with Crippen LogP contribution in [-0.4, -0.2) is 59.2 Å². The molecule has 0 saturated carbocycles. The number of aliphatic hydroxyl groups excluding tert-OH is 1. The van der Waals surface area contributed by atoms with E-state index in [9.17, 15) is 9.90 Å². The van der Waals surface area contributed by atoms with Crippen molar-refractivity contribution in [2.45, 2.75) is 18.9 Å². The molecule has 1 heterocycles. The van der Waals surface area contributed by atoms with Crippen molar-refractivity contribution in [3.63, 3.8) is 0 Å². The Morgan fingerprint density at radius 3 is 2.41 bits per heavy atom. The summed E-state index contributed by atoms with van der Waals surface area (Å²) in [6, 6.07) is 9.03. The van der Waals surface area contributed by atoms with E-state index in [1.807, 2.05) is 12.1 Å². The number of benzene rings is 2. The van der Waals surface area contributed by atoms with Crippen LogP contribution in [0.15, 0.2) is 36.4 Å². The molecule has 2 atom stereocenters. The van der Waals surface area contributed by atoms with Gasteiger partial charge in [-0.2, -0.15) is 0 Å². The fraction of sp³-hybridized carbons (Fsp3) is 0.400. The molecule has 0 aliphatic carbocycles. The average molecular weight is 475 g/mol. The monoisotopic (exact) mass is 474 g/mol. The predicted octanol–water partition coefficient (Wildman–Crippen LogP) is 3.45. The highest BCUT2D eigenvalue weighted by Gasteiger charge is 2.38. The van der Waals surface area contributed by atoms with Gasteiger partial charge in [0.2, 0.25) is 0 Å². The summed E-state index contributed by atoms with van der Waals surface area (Å²) in [5.41, 5.74) is 2.24. The molecular weight excluding hydrogens is 444 g/mol.